The summed E-state index contributed by atoms with van der Waals surface area (Å²) in [7, 11) is 0. The molecule has 0 aliphatic heterocycles. The van der Waals surface area contributed by atoms with Gasteiger partial charge in [0.25, 0.3) is 0 Å². The Hall–Kier alpha value is -1.44. The van der Waals surface area contributed by atoms with Crippen LogP contribution in [0.4, 0.5) is 4.39 Å². The molecule has 0 heterocycles. The van der Waals surface area contributed by atoms with Crippen LogP contribution in [-0.4, -0.2) is 6.29 Å². The van der Waals surface area contributed by atoms with Gasteiger partial charge in [-0.05, 0) is 35.4 Å². The summed E-state index contributed by atoms with van der Waals surface area (Å²) in [6.45, 7) is 4.16. The highest BCUT2D eigenvalue weighted by atomic mass is 19.1. The molecule has 0 spiro atoms. The number of halogens is 1. The number of benzene rings is 1. The van der Waals surface area contributed by atoms with Gasteiger partial charge in [0.1, 0.15) is 12.1 Å². The topological polar surface area (TPSA) is 17.1 Å². The van der Waals surface area contributed by atoms with E-state index in [-0.39, 0.29) is 23.6 Å². The summed E-state index contributed by atoms with van der Waals surface area (Å²) in [6, 6.07) is 6.51. The Morgan fingerprint density at radius 3 is 2.24 bits per heavy atom. The first kappa shape index (κ1) is 12.0. The molecule has 90 valence electrons. The summed E-state index contributed by atoms with van der Waals surface area (Å²) in [4.78, 5) is 11.3. The Bertz CT molecular complexity index is 421. The molecule has 0 N–H and O–H groups in total. The standard InChI is InChI=1S/C15H17FO/c1-10-3-4-11(2)15(14(10)9-17)12-5-7-13(16)8-6-12/h3-11,14-15H,1-2H3. The van der Waals surface area contributed by atoms with Crippen molar-refractivity contribution in [2.45, 2.75) is 19.8 Å². The summed E-state index contributed by atoms with van der Waals surface area (Å²) in [6.07, 6.45) is 5.29. The van der Waals surface area contributed by atoms with Gasteiger partial charge in [-0.3, -0.25) is 0 Å². The monoisotopic (exact) mass is 232 g/mol. The van der Waals surface area contributed by atoms with Gasteiger partial charge in [0.15, 0.2) is 0 Å². The molecule has 4 atom stereocenters. The van der Waals surface area contributed by atoms with Crippen molar-refractivity contribution in [3.05, 3.63) is 47.8 Å². The third kappa shape index (κ3) is 2.31. The first-order valence-corrected chi connectivity index (χ1v) is 6.02. The number of hydrogen-bond acceptors (Lipinski definition) is 1. The lowest BCUT2D eigenvalue weighted by atomic mass is 9.69. The summed E-state index contributed by atoms with van der Waals surface area (Å²) in [5.74, 6) is 0.475. The minimum atomic E-state index is -0.233. The Labute approximate surface area is 101 Å². The molecule has 0 fully saturated rings. The fourth-order valence-electron chi connectivity index (χ4n) is 2.70. The minimum absolute atomic E-state index is 0.0135. The van der Waals surface area contributed by atoms with Crippen molar-refractivity contribution in [3.8, 4) is 0 Å². The molecule has 0 amide bonds. The van der Waals surface area contributed by atoms with Crippen molar-refractivity contribution in [2.24, 2.45) is 17.8 Å². The van der Waals surface area contributed by atoms with E-state index in [9.17, 15) is 9.18 Å². The second kappa shape index (κ2) is 4.82. The van der Waals surface area contributed by atoms with Crippen LogP contribution in [0.3, 0.4) is 0 Å². The normalized spacial score (nSPS) is 32.4. The van der Waals surface area contributed by atoms with Crippen molar-refractivity contribution in [2.75, 3.05) is 0 Å². The first-order chi connectivity index (χ1) is 8.13. The zero-order chi connectivity index (χ0) is 12.4. The van der Waals surface area contributed by atoms with Gasteiger partial charge in [-0.1, -0.05) is 38.1 Å². The fraction of sp³-hybridized carbons (Fsp3) is 0.400. The maximum absolute atomic E-state index is 12.9. The molecule has 2 rings (SSSR count). The van der Waals surface area contributed by atoms with Crippen LogP contribution in [0, 0.1) is 23.6 Å². The Morgan fingerprint density at radius 2 is 1.65 bits per heavy atom. The van der Waals surface area contributed by atoms with Crippen molar-refractivity contribution < 1.29 is 9.18 Å². The fourth-order valence-corrected chi connectivity index (χ4v) is 2.70. The number of rotatable bonds is 2. The second-order valence-electron chi connectivity index (χ2n) is 4.89. The molecule has 0 radical (unpaired) electrons. The molecule has 0 saturated heterocycles. The van der Waals surface area contributed by atoms with E-state index in [1.807, 2.05) is 0 Å². The van der Waals surface area contributed by atoms with Gasteiger partial charge >= 0.3 is 0 Å². The van der Waals surface area contributed by atoms with E-state index < -0.39 is 0 Å². The average molecular weight is 232 g/mol. The number of carbonyl (C=O) groups is 1. The molecule has 4 unspecified atom stereocenters. The number of allylic oxidation sites excluding steroid dienone is 2. The molecule has 1 aromatic rings. The van der Waals surface area contributed by atoms with E-state index in [2.05, 4.69) is 26.0 Å². The highest BCUT2D eigenvalue weighted by Gasteiger charge is 2.33. The smallest absolute Gasteiger partial charge is 0.124 e. The molecule has 0 saturated carbocycles. The van der Waals surface area contributed by atoms with Crippen LogP contribution in [0.15, 0.2) is 36.4 Å². The lowest BCUT2D eigenvalue weighted by molar-refractivity contribution is -0.113. The predicted molar refractivity (Wildman–Crippen MR) is 66.2 cm³/mol. The van der Waals surface area contributed by atoms with E-state index in [1.165, 1.54) is 12.1 Å². The Balaban J connectivity index is 2.37. The second-order valence-corrected chi connectivity index (χ2v) is 4.89. The lowest BCUT2D eigenvalue weighted by Gasteiger charge is -2.34. The molecule has 17 heavy (non-hydrogen) atoms. The number of carbonyl (C=O) groups excluding carboxylic acids is 1. The van der Waals surface area contributed by atoms with E-state index in [0.717, 1.165) is 11.8 Å². The summed E-state index contributed by atoms with van der Waals surface area (Å²) in [5, 5.41) is 0. The minimum Gasteiger partial charge on any atom is -0.303 e. The number of hydrogen-bond donors (Lipinski definition) is 0. The van der Waals surface area contributed by atoms with Gasteiger partial charge in [0.2, 0.25) is 0 Å². The maximum Gasteiger partial charge on any atom is 0.124 e. The SMILES string of the molecule is CC1C=CC(C)C(c2ccc(F)cc2)C1C=O. The zero-order valence-corrected chi connectivity index (χ0v) is 10.1. The maximum atomic E-state index is 12.9. The Morgan fingerprint density at radius 1 is 1.06 bits per heavy atom. The van der Waals surface area contributed by atoms with Gasteiger partial charge in [0, 0.05) is 5.92 Å². The van der Waals surface area contributed by atoms with Crippen LogP contribution in [0.1, 0.15) is 25.3 Å². The molecular formula is C15H17FO. The van der Waals surface area contributed by atoms with Crippen LogP contribution in [-0.2, 0) is 4.79 Å². The third-order valence-electron chi connectivity index (χ3n) is 3.72. The summed E-state index contributed by atoms with van der Waals surface area (Å²) < 4.78 is 12.9. The van der Waals surface area contributed by atoms with Crippen LogP contribution in [0.2, 0.25) is 0 Å². The molecule has 1 aliphatic carbocycles. The quantitative estimate of drug-likeness (QED) is 0.563. The highest BCUT2D eigenvalue weighted by molar-refractivity contribution is 5.58. The predicted octanol–water partition coefficient (Wildman–Crippen LogP) is 3.57. The highest BCUT2D eigenvalue weighted by Crippen LogP contribution is 2.40. The van der Waals surface area contributed by atoms with Crippen molar-refractivity contribution in [1.29, 1.82) is 0 Å². The van der Waals surface area contributed by atoms with Crippen molar-refractivity contribution in [1.82, 2.24) is 0 Å². The Kier molecular flexibility index (Phi) is 3.41. The van der Waals surface area contributed by atoms with Gasteiger partial charge in [-0.25, -0.2) is 4.39 Å². The molecule has 1 aromatic carbocycles. The van der Waals surface area contributed by atoms with Gasteiger partial charge in [-0.15, -0.1) is 0 Å². The van der Waals surface area contributed by atoms with Gasteiger partial charge in [-0.2, -0.15) is 0 Å². The largest absolute Gasteiger partial charge is 0.303 e. The molecule has 1 aliphatic rings. The van der Waals surface area contributed by atoms with Gasteiger partial charge in [0.05, 0.1) is 0 Å². The van der Waals surface area contributed by atoms with Crippen LogP contribution in [0.25, 0.3) is 0 Å². The zero-order valence-electron chi connectivity index (χ0n) is 10.1. The molecule has 0 bridgehead atoms. The summed E-state index contributed by atoms with van der Waals surface area (Å²) >= 11 is 0. The van der Waals surface area contributed by atoms with E-state index >= 15 is 0 Å². The van der Waals surface area contributed by atoms with Gasteiger partial charge < -0.3 is 4.79 Å². The van der Waals surface area contributed by atoms with Crippen LogP contribution in [0.5, 0.6) is 0 Å². The third-order valence-corrected chi connectivity index (χ3v) is 3.72. The van der Waals surface area contributed by atoms with E-state index in [0.29, 0.717) is 5.92 Å². The van der Waals surface area contributed by atoms with Crippen molar-refractivity contribution in [3.63, 3.8) is 0 Å². The van der Waals surface area contributed by atoms with Crippen LogP contribution < -0.4 is 0 Å². The molecule has 1 nitrogen and oxygen atoms in total. The van der Waals surface area contributed by atoms with E-state index in [1.54, 1.807) is 12.1 Å². The molecule has 0 aromatic heterocycles. The summed E-state index contributed by atoms with van der Waals surface area (Å²) in [5.41, 5.74) is 1.05. The first-order valence-electron chi connectivity index (χ1n) is 6.02. The molecular weight excluding hydrogens is 215 g/mol. The van der Waals surface area contributed by atoms with E-state index in [4.69, 9.17) is 0 Å². The van der Waals surface area contributed by atoms with Crippen LogP contribution >= 0.6 is 0 Å². The lowest BCUT2D eigenvalue weighted by Crippen LogP contribution is -2.28. The van der Waals surface area contributed by atoms with Crippen molar-refractivity contribution >= 4 is 6.29 Å². The average Bonchev–Trinajstić information content (AvgIpc) is 2.33. The molecule has 2 heteroatoms. The number of aldehydes is 1.